The summed E-state index contributed by atoms with van der Waals surface area (Å²) < 4.78 is 1.14. The van der Waals surface area contributed by atoms with E-state index in [-0.39, 0.29) is 5.91 Å². The van der Waals surface area contributed by atoms with Gasteiger partial charge in [0.15, 0.2) is 0 Å². The number of benzene rings is 2. The van der Waals surface area contributed by atoms with E-state index in [0.29, 0.717) is 5.75 Å². The predicted molar refractivity (Wildman–Crippen MR) is 107 cm³/mol. The standard InChI is InChI=1S/C17H16ClIN2OS/c1-12(14-3-2-4-16(19)9-14)20-21-17(22)11-23-10-13-5-7-15(18)8-6-13/h2-9H,10-11H2,1H3,(H,21,22)/b20-12-. The molecule has 0 unspecified atom stereocenters. The Hall–Kier alpha value is -1.05. The van der Waals surface area contributed by atoms with E-state index in [1.54, 1.807) is 11.8 Å². The van der Waals surface area contributed by atoms with Crippen molar-refractivity contribution in [3.8, 4) is 0 Å². The predicted octanol–water partition coefficient (Wildman–Crippen LogP) is 4.72. The van der Waals surface area contributed by atoms with E-state index in [9.17, 15) is 4.79 Å². The number of rotatable bonds is 6. The van der Waals surface area contributed by atoms with Crippen LogP contribution in [0.2, 0.25) is 5.02 Å². The van der Waals surface area contributed by atoms with Crippen molar-refractivity contribution in [2.75, 3.05) is 5.75 Å². The molecule has 0 atom stereocenters. The fraction of sp³-hybridized carbons (Fsp3) is 0.176. The molecule has 3 nitrogen and oxygen atoms in total. The number of amides is 1. The topological polar surface area (TPSA) is 41.5 Å². The molecular weight excluding hydrogens is 443 g/mol. The summed E-state index contributed by atoms with van der Waals surface area (Å²) in [5, 5.41) is 4.88. The molecule has 0 fully saturated rings. The third-order valence-electron chi connectivity index (χ3n) is 3.01. The first-order chi connectivity index (χ1) is 11.0. The number of halogens is 2. The van der Waals surface area contributed by atoms with Gasteiger partial charge in [-0.2, -0.15) is 5.10 Å². The molecular formula is C17H16ClIN2OS. The van der Waals surface area contributed by atoms with Crippen LogP contribution in [-0.2, 0) is 10.5 Å². The van der Waals surface area contributed by atoms with Gasteiger partial charge < -0.3 is 0 Å². The summed E-state index contributed by atoms with van der Waals surface area (Å²) in [6, 6.07) is 15.6. The van der Waals surface area contributed by atoms with Crippen LogP contribution in [0.25, 0.3) is 0 Å². The van der Waals surface area contributed by atoms with Crippen molar-refractivity contribution in [1.82, 2.24) is 5.43 Å². The van der Waals surface area contributed by atoms with Gasteiger partial charge in [0.05, 0.1) is 11.5 Å². The maximum absolute atomic E-state index is 11.8. The van der Waals surface area contributed by atoms with Crippen LogP contribution in [0.3, 0.4) is 0 Å². The van der Waals surface area contributed by atoms with Crippen LogP contribution in [0.15, 0.2) is 53.6 Å². The lowest BCUT2D eigenvalue weighted by Gasteiger charge is -2.04. The summed E-state index contributed by atoms with van der Waals surface area (Å²) in [5.41, 5.74) is 5.54. The first-order valence-corrected chi connectivity index (χ1v) is 9.57. The van der Waals surface area contributed by atoms with Crippen molar-refractivity contribution in [1.29, 1.82) is 0 Å². The lowest BCUT2D eigenvalue weighted by Crippen LogP contribution is -2.21. The van der Waals surface area contributed by atoms with Gasteiger partial charge in [0, 0.05) is 14.3 Å². The Balaban J connectivity index is 1.78. The minimum atomic E-state index is -0.103. The highest BCUT2D eigenvalue weighted by Gasteiger charge is 2.03. The summed E-state index contributed by atoms with van der Waals surface area (Å²) in [5.74, 6) is 1.03. The molecule has 23 heavy (non-hydrogen) atoms. The molecule has 0 heterocycles. The fourth-order valence-electron chi connectivity index (χ4n) is 1.80. The van der Waals surface area contributed by atoms with Crippen LogP contribution in [-0.4, -0.2) is 17.4 Å². The van der Waals surface area contributed by atoms with Gasteiger partial charge in [-0.1, -0.05) is 35.9 Å². The van der Waals surface area contributed by atoms with Crippen molar-refractivity contribution < 1.29 is 4.79 Å². The van der Waals surface area contributed by atoms with Crippen LogP contribution < -0.4 is 5.43 Å². The average molecular weight is 459 g/mol. The normalized spacial score (nSPS) is 11.3. The van der Waals surface area contributed by atoms with Crippen molar-refractivity contribution in [3.63, 3.8) is 0 Å². The molecule has 2 rings (SSSR count). The molecule has 0 aliphatic rings. The molecule has 0 aromatic heterocycles. The second kappa shape index (κ2) is 9.30. The second-order valence-electron chi connectivity index (χ2n) is 4.86. The zero-order valence-electron chi connectivity index (χ0n) is 12.6. The zero-order chi connectivity index (χ0) is 16.7. The number of hydrogen-bond acceptors (Lipinski definition) is 3. The Bertz CT molecular complexity index is 704. The maximum atomic E-state index is 11.8. The lowest BCUT2D eigenvalue weighted by atomic mass is 10.1. The quantitative estimate of drug-likeness (QED) is 0.387. The molecule has 0 aliphatic heterocycles. The Morgan fingerprint density at radius 2 is 2.00 bits per heavy atom. The summed E-state index contributed by atoms with van der Waals surface area (Å²) in [6.07, 6.45) is 0. The Kier molecular flexibility index (Phi) is 7.39. The molecule has 1 amide bonds. The number of hydrazone groups is 1. The van der Waals surface area contributed by atoms with Gasteiger partial charge in [-0.3, -0.25) is 4.79 Å². The Morgan fingerprint density at radius 3 is 2.70 bits per heavy atom. The smallest absolute Gasteiger partial charge is 0.250 e. The first-order valence-electron chi connectivity index (χ1n) is 6.96. The monoisotopic (exact) mass is 458 g/mol. The van der Waals surface area contributed by atoms with Gasteiger partial charge in [-0.05, 0) is 64.9 Å². The molecule has 1 N–H and O–H groups in total. The van der Waals surface area contributed by atoms with Gasteiger partial charge in [0.2, 0.25) is 5.91 Å². The minimum absolute atomic E-state index is 0.103. The van der Waals surface area contributed by atoms with Gasteiger partial charge >= 0.3 is 0 Å². The van der Waals surface area contributed by atoms with Crippen LogP contribution in [0.1, 0.15) is 18.1 Å². The molecule has 0 spiro atoms. The molecule has 6 heteroatoms. The van der Waals surface area contributed by atoms with Crippen molar-refractivity contribution in [2.24, 2.45) is 5.10 Å². The zero-order valence-corrected chi connectivity index (χ0v) is 16.3. The van der Waals surface area contributed by atoms with E-state index < -0.39 is 0 Å². The van der Waals surface area contributed by atoms with E-state index in [1.807, 2.05) is 55.5 Å². The van der Waals surface area contributed by atoms with Crippen LogP contribution in [0.4, 0.5) is 0 Å². The number of carbonyl (C=O) groups excluding carboxylic acids is 1. The second-order valence-corrected chi connectivity index (χ2v) is 7.53. The summed E-state index contributed by atoms with van der Waals surface area (Å²) in [4.78, 5) is 11.8. The summed E-state index contributed by atoms with van der Waals surface area (Å²) in [6.45, 7) is 1.88. The van der Waals surface area contributed by atoms with Crippen LogP contribution in [0, 0.1) is 3.57 Å². The minimum Gasteiger partial charge on any atom is -0.272 e. The molecule has 0 saturated carbocycles. The first kappa shape index (κ1) is 18.3. The number of nitrogens with one attached hydrogen (secondary N) is 1. The fourth-order valence-corrected chi connectivity index (χ4v) is 3.25. The number of carbonyl (C=O) groups is 1. The van der Waals surface area contributed by atoms with Crippen molar-refractivity contribution in [2.45, 2.75) is 12.7 Å². The van der Waals surface area contributed by atoms with Crippen LogP contribution >= 0.6 is 46.0 Å². The molecule has 120 valence electrons. The van der Waals surface area contributed by atoms with Gasteiger partial charge in [0.25, 0.3) is 0 Å². The third kappa shape index (κ3) is 6.53. The molecule has 0 aliphatic carbocycles. The SMILES string of the molecule is C/C(=N/NC(=O)CSCc1ccc(Cl)cc1)c1cccc(I)c1. The molecule has 2 aromatic rings. The van der Waals surface area contributed by atoms with Gasteiger partial charge in [0.1, 0.15) is 0 Å². The highest BCUT2D eigenvalue weighted by Crippen LogP contribution is 2.15. The number of nitrogens with zero attached hydrogens (tertiary/aromatic N) is 1. The van der Waals surface area contributed by atoms with Gasteiger partial charge in [-0.15, -0.1) is 11.8 Å². The third-order valence-corrected chi connectivity index (χ3v) is 4.93. The molecule has 0 radical (unpaired) electrons. The number of thioether (sulfide) groups is 1. The Morgan fingerprint density at radius 1 is 1.26 bits per heavy atom. The largest absolute Gasteiger partial charge is 0.272 e. The molecule has 0 bridgehead atoms. The Labute approximate surface area is 159 Å². The average Bonchev–Trinajstić information content (AvgIpc) is 2.54. The van der Waals surface area contributed by atoms with Gasteiger partial charge in [-0.25, -0.2) is 5.43 Å². The van der Waals surface area contributed by atoms with E-state index in [2.05, 4.69) is 33.1 Å². The van der Waals surface area contributed by atoms with E-state index >= 15 is 0 Å². The number of hydrogen-bond donors (Lipinski definition) is 1. The van der Waals surface area contributed by atoms with Crippen molar-refractivity contribution >= 4 is 57.6 Å². The van der Waals surface area contributed by atoms with E-state index in [4.69, 9.17) is 11.6 Å². The van der Waals surface area contributed by atoms with E-state index in [1.165, 1.54) is 0 Å². The molecule has 0 saturated heterocycles. The lowest BCUT2D eigenvalue weighted by molar-refractivity contribution is -0.118. The van der Waals surface area contributed by atoms with Crippen molar-refractivity contribution in [3.05, 3.63) is 68.3 Å². The van der Waals surface area contributed by atoms with Crippen LogP contribution in [0.5, 0.6) is 0 Å². The highest BCUT2D eigenvalue weighted by molar-refractivity contribution is 14.1. The van der Waals surface area contributed by atoms with E-state index in [0.717, 1.165) is 31.2 Å². The maximum Gasteiger partial charge on any atom is 0.250 e. The molecule has 2 aromatic carbocycles. The summed E-state index contributed by atoms with van der Waals surface area (Å²) >= 11 is 9.64. The summed E-state index contributed by atoms with van der Waals surface area (Å²) in [7, 11) is 0. The highest BCUT2D eigenvalue weighted by atomic mass is 127.